The Balaban J connectivity index is 2.24. The van der Waals surface area contributed by atoms with Crippen LogP contribution >= 0.6 is 11.3 Å². The van der Waals surface area contributed by atoms with Crippen molar-refractivity contribution in [2.45, 2.75) is 6.04 Å². The molecule has 0 aliphatic carbocycles. The third-order valence-corrected chi connectivity index (χ3v) is 3.73. The van der Waals surface area contributed by atoms with Crippen LogP contribution in [0.5, 0.6) is 0 Å². The molecule has 0 spiro atoms. The molecule has 0 aliphatic rings. The predicted molar refractivity (Wildman–Crippen MR) is 77.6 cm³/mol. The van der Waals surface area contributed by atoms with Crippen LogP contribution in [-0.2, 0) is 9.53 Å². The number of amides is 1. The van der Waals surface area contributed by atoms with Gasteiger partial charge in [-0.15, -0.1) is 11.3 Å². The number of anilines is 1. The number of nitrogens with two attached hydrogens (primary N) is 1. The number of carbonyl (C=O) groups is 2. The number of hydrogen-bond donors (Lipinski definition) is 2. The van der Waals surface area contributed by atoms with Crippen molar-refractivity contribution in [1.29, 1.82) is 0 Å². The Bertz CT molecular complexity index is 658. The van der Waals surface area contributed by atoms with Crippen LogP contribution in [-0.4, -0.2) is 19.0 Å². The van der Waals surface area contributed by atoms with Crippen molar-refractivity contribution in [2.75, 3.05) is 12.4 Å². The second-order valence-electron chi connectivity index (χ2n) is 4.16. The molecule has 1 aromatic heterocycles. The van der Waals surface area contributed by atoms with Crippen LogP contribution in [0.1, 0.15) is 21.3 Å². The molecule has 5 nitrogen and oxygen atoms in total. The lowest BCUT2D eigenvalue weighted by Crippen LogP contribution is -2.27. The summed E-state index contributed by atoms with van der Waals surface area (Å²) in [6, 6.07) is 6.01. The summed E-state index contributed by atoms with van der Waals surface area (Å²) in [5.41, 5.74) is 5.90. The Kier molecular flexibility index (Phi) is 4.66. The molecule has 1 amide bonds. The fourth-order valence-corrected chi connectivity index (χ4v) is 2.44. The van der Waals surface area contributed by atoms with E-state index in [9.17, 15) is 14.0 Å². The van der Waals surface area contributed by atoms with E-state index in [0.29, 0.717) is 4.88 Å². The van der Waals surface area contributed by atoms with Crippen molar-refractivity contribution in [3.63, 3.8) is 0 Å². The predicted octanol–water partition coefficient (Wildman–Crippen LogP) is 2.31. The summed E-state index contributed by atoms with van der Waals surface area (Å²) in [4.78, 5) is 24.4. The summed E-state index contributed by atoms with van der Waals surface area (Å²) in [6.07, 6.45) is 0. The number of thiophene rings is 1. The van der Waals surface area contributed by atoms with Gasteiger partial charge in [0, 0.05) is 4.88 Å². The van der Waals surface area contributed by atoms with Crippen LogP contribution in [0.15, 0.2) is 35.7 Å². The Morgan fingerprint density at radius 2 is 2.14 bits per heavy atom. The maximum Gasteiger partial charge on any atom is 0.339 e. The number of rotatable bonds is 4. The highest BCUT2D eigenvalue weighted by Gasteiger charge is 2.20. The molecule has 1 atom stereocenters. The quantitative estimate of drug-likeness (QED) is 0.849. The Morgan fingerprint density at radius 3 is 2.76 bits per heavy atom. The van der Waals surface area contributed by atoms with E-state index in [-0.39, 0.29) is 11.3 Å². The number of hydrogen-bond acceptors (Lipinski definition) is 5. The van der Waals surface area contributed by atoms with Gasteiger partial charge in [0.15, 0.2) is 0 Å². The van der Waals surface area contributed by atoms with Crippen LogP contribution < -0.4 is 11.1 Å². The first kappa shape index (κ1) is 15.1. The number of halogens is 1. The lowest BCUT2D eigenvalue weighted by Gasteiger charge is -2.13. The SMILES string of the molecule is COC(=O)c1ccc(F)cc1NC(=O)C(N)c1cccs1. The van der Waals surface area contributed by atoms with Gasteiger partial charge in [-0.2, -0.15) is 0 Å². The molecule has 110 valence electrons. The fraction of sp³-hybridized carbons (Fsp3) is 0.143. The Labute approximate surface area is 124 Å². The fourth-order valence-electron chi connectivity index (χ4n) is 1.72. The van der Waals surface area contributed by atoms with Gasteiger partial charge in [0.1, 0.15) is 11.9 Å². The molecule has 2 rings (SSSR count). The average Bonchev–Trinajstić information content (AvgIpc) is 3.00. The van der Waals surface area contributed by atoms with Gasteiger partial charge in [0.05, 0.1) is 18.4 Å². The van der Waals surface area contributed by atoms with E-state index in [1.165, 1.54) is 24.5 Å². The van der Waals surface area contributed by atoms with Gasteiger partial charge < -0.3 is 15.8 Å². The van der Waals surface area contributed by atoms with E-state index < -0.39 is 23.7 Å². The largest absolute Gasteiger partial charge is 0.465 e. The molecule has 1 aromatic carbocycles. The summed E-state index contributed by atoms with van der Waals surface area (Å²) in [5, 5.41) is 4.25. The van der Waals surface area contributed by atoms with Crippen LogP contribution in [0.3, 0.4) is 0 Å². The van der Waals surface area contributed by atoms with Crippen molar-refractivity contribution in [1.82, 2.24) is 0 Å². The summed E-state index contributed by atoms with van der Waals surface area (Å²) in [5.74, 6) is -1.79. The van der Waals surface area contributed by atoms with E-state index in [1.54, 1.807) is 17.5 Å². The third kappa shape index (κ3) is 3.45. The van der Waals surface area contributed by atoms with Crippen molar-refractivity contribution >= 4 is 28.9 Å². The molecule has 0 aliphatic heterocycles. The van der Waals surface area contributed by atoms with Gasteiger partial charge in [-0.25, -0.2) is 9.18 Å². The normalized spacial score (nSPS) is 11.8. The number of nitrogens with one attached hydrogen (secondary N) is 1. The molecule has 3 N–H and O–H groups in total. The molecule has 2 aromatic rings. The minimum Gasteiger partial charge on any atom is -0.465 e. The molecular formula is C14H13FN2O3S. The van der Waals surface area contributed by atoms with Gasteiger partial charge >= 0.3 is 5.97 Å². The number of ether oxygens (including phenoxy) is 1. The summed E-state index contributed by atoms with van der Waals surface area (Å²) >= 11 is 1.34. The Hall–Kier alpha value is -2.25. The van der Waals surface area contributed by atoms with Crippen molar-refractivity contribution in [3.05, 3.63) is 52.0 Å². The van der Waals surface area contributed by atoms with Crippen LogP contribution in [0.25, 0.3) is 0 Å². The second-order valence-corrected chi connectivity index (χ2v) is 5.14. The lowest BCUT2D eigenvalue weighted by molar-refractivity contribution is -0.117. The second kappa shape index (κ2) is 6.47. The van der Waals surface area contributed by atoms with Gasteiger partial charge in [-0.05, 0) is 29.6 Å². The zero-order chi connectivity index (χ0) is 15.4. The van der Waals surface area contributed by atoms with Gasteiger partial charge in [-0.1, -0.05) is 6.07 Å². The number of methoxy groups -OCH3 is 1. The summed E-state index contributed by atoms with van der Waals surface area (Å²) < 4.78 is 17.9. The smallest absolute Gasteiger partial charge is 0.339 e. The first-order valence-corrected chi connectivity index (χ1v) is 6.88. The first-order valence-electron chi connectivity index (χ1n) is 6.00. The van der Waals surface area contributed by atoms with Gasteiger partial charge in [0.25, 0.3) is 0 Å². The van der Waals surface area contributed by atoms with Gasteiger partial charge in [0.2, 0.25) is 5.91 Å². The lowest BCUT2D eigenvalue weighted by atomic mass is 10.1. The third-order valence-electron chi connectivity index (χ3n) is 2.78. The zero-order valence-electron chi connectivity index (χ0n) is 11.1. The first-order chi connectivity index (χ1) is 10.0. The van der Waals surface area contributed by atoms with E-state index in [2.05, 4.69) is 10.1 Å². The number of esters is 1. The number of benzene rings is 1. The molecule has 0 saturated carbocycles. The molecule has 0 bridgehead atoms. The minimum absolute atomic E-state index is 0.0267. The molecule has 1 unspecified atom stereocenters. The number of carbonyl (C=O) groups excluding carboxylic acids is 2. The molecule has 7 heteroatoms. The molecule has 0 fully saturated rings. The molecule has 21 heavy (non-hydrogen) atoms. The van der Waals surface area contributed by atoms with Gasteiger partial charge in [-0.3, -0.25) is 4.79 Å². The van der Waals surface area contributed by atoms with Crippen molar-refractivity contribution < 1.29 is 18.7 Å². The van der Waals surface area contributed by atoms with E-state index in [1.807, 2.05) is 0 Å². The van der Waals surface area contributed by atoms with Crippen LogP contribution in [0.2, 0.25) is 0 Å². The van der Waals surface area contributed by atoms with E-state index >= 15 is 0 Å². The molecule has 0 saturated heterocycles. The topological polar surface area (TPSA) is 81.4 Å². The average molecular weight is 308 g/mol. The molecular weight excluding hydrogens is 295 g/mol. The van der Waals surface area contributed by atoms with Crippen LogP contribution in [0.4, 0.5) is 10.1 Å². The van der Waals surface area contributed by atoms with Crippen molar-refractivity contribution in [2.24, 2.45) is 5.73 Å². The zero-order valence-corrected chi connectivity index (χ0v) is 11.9. The molecule has 0 radical (unpaired) electrons. The summed E-state index contributed by atoms with van der Waals surface area (Å²) in [7, 11) is 1.20. The highest BCUT2D eigenvalue weighted by molar-refractivity contribution is 7.10. The highest BCUT2D eigenvalue weighted by atomic mass is 32.1. The van der Waals surface area contributed by atoms with E-state index in [0.717, 1.165) is 12.1 Å². The van der Waals surface area contributed by atoms with E-state index in [4.69, 9.17) is 5.73 Å². The molecule has 1 heterocycles. The summed E-state index contributed by atoms with van der Waals surface area (Å²) in [6.45, 7) is 0. The highest BCUT2D eigenvalue weighted by Crippen LogP contribution is 2.22. The monoisotopic (exact) mass is 308 g/mol. The maximum atomic E-state index is 13.3. The van der Waals surface area contributed by atoms with Crippen LogP contribution in [0, 0.1) is 5.82 Å². The standard InChI is InChI=1S/C14H13FN2O3S/c1-20-14(19)9-5-4-8(15)7-10(9)17-13(18)12(16)11-3-2-6-21-11/h2-7,12H,16H2,1H3,(H,17,18). The van der Waals surface area contributed by atoms with Crippen molar-refractivity contribution in [3.8, 4) is 0 Å². The Morgan fingerprint density at radius 1 is 1.38 bits per heavy atom. The maximum absolute atomic E-state index is 13.3. The minimum atomic E-state index is -0.890.